The normalized spacial score (nSPS) is 16.9. The zero-order valence-electron chi connectivity index (χ0n) is 15.7. The van der Waals surface area contributed by atoms with Crippen LogP contribution in [-0.2, 0) is 11.3 Å². The van der Waals surface area contributed by atoms with Crippen molar-refractivity contribution < 1.29 is 9.18 Å². The minimum absolute atomic E-state index is 0.0556. The summed E-state index contributed by atoms with van der Waals surface area (Å²) in [4.78, 5) is 39.4. The van der Waals surface area contributed by atoms with Crippen molar-refractivity contribution in [1.29, 1.82) is 0 Å². The molecule has 1 saturated heterocycles. The number of nitrogens with zero attached hydrogens (tertiary/aromatic N) is 2. The van der Waals surface area contributed by atoms with E-state index in [0.717, 1.165) is 5.56 Å². The summed E-state index contributed by atoms with van der Waals surface area (Å²) in [5, 5.41) is 6.42. The van der Waals surface area contributed by atoms with Crippen LogP contribution in [0.15, 0.2) is 58.1 Å². The third kappa shape index (κ3) is 3.84. The second-order valence-electron chi connectivity index (χ2n) is 7.06. The van der Waals surface area contributed by atoms with E-state index in [1.165, 1.54) is 16.8 Å². The quantitative estimate of drug-likeness (QED) is 0.698. The lowest BCUT2D eigenvalue weighted by Crippen LogP contribution is -2.49. The number of rotatable bonds is 4. The Labute approximate surface area is 165 Å². The molecule has 1 atom stereocenters. The summed E-state index contributed by atoms with van der Waals surface area (Å²) < 4.78 is 14.8. The van der Waals surface area contributed by atoms with Gasteiger partial charge in [0.1, 0.15) is 5.82 Å². The second kappa shape index (κ2) is 8.00. The van der Waals surface area contributed by atoms with Gasteiger partial charge in [0, 0.05) is 26.1 Å². The van der Waals surface area contributed by atoms with Crippen molar-refractivity contribution in [2.45, 2.75) is 19.0 Å². The highest BCUT2D eigenvalue weighted by atomic mass is 19.1. The molecule has 1 aliphatic rings. The zero-order chi connectivity index (χ0) is 20.4. The molecule has 1 amide bonds. The van der Waals surface area contributed by atoms with Gasteiger partial charge in [0.25, 0.3) is 11.1 Å². The average Bonchev–Trinajstić information content (AvgIpc) is 2.75. The molecule has 2 N–H and O–H groups in total. The Morgan fingerprint density at radius 3 is 2.69 bits per heavy atom. The van der Waals surface area contributed by atoms with Crippen LogP contribution < -0.4 is 16.4 Å². The highest BCUT2D eigenvalue weighted by Gasteiger charge is 2.28. The van der Waals surface area contributed by atoms with Crippen LogP contribution in [0.5, 0.6) is 0 Å². The van der Waals surface area contributed by atoms with Crippen LogP contribution in [0.4, 0.5) is 4.39 Å². The zero-order valence-corrected chi connectivity index (χ0v) is 15.7. The maximum Gasteiger partial charge on any atom is 0.273 e. The highest BCUT2D eigenvalue weighted by molar-refractivity contribution is 5.80. The fraction of sp³-hybridized carbons (Fsp3) is 0.286. The maximum atomic E-state index is 13.6. The first kappa shape index (κ1) is 19.1. The molecular formula is C21H21FN4O3. The Kier molecular flexibility index (Phi) is 5.26. The Balaban J connectivity index is 1.54. The van der Waals surface area contributed by atoms with Crippen molar-refractivity contribution in [2.75, 3.05) is 19.6 Å². The first-order valence-electron chi connectivity index (χ1n) is 9.52. The number of amides is 1. The third-order valence-corrected chi connectivity index (χ3v) is 5.23. The number of H-pyrrole nitrogens is 1. The average molecular weight is 396 g/mol. The predicted molar refractivity (Wildman–Crippen MR) is 107 cm³/mol. The predicted octanol–water partition coefficient (Wildman–Crippen LogP) is 1.39. The van der Waals surface area contributed by atoms with E-state index >= 15 is 0 Å². The van der Waals surface area contributed by atoms with E-state index in [4.69, 9.17) is 0 Å². The molecule has 0 aliphatic carbocycles. The molecule has 150 valence electrons. The van der Waals surface area contributed by atoms with Gasteiger partial charge in [0.05, 0.1) is 23.4 Å². The first-order valence-corrected chi connectivity index (χ1v) is 9.52. The molecule has 1 aromatic heterocycles. The molecule has 1 fully saturated rings. The summed E-state index contributed by atoms with van der Waals surface area (Å²) in [6.07, 6.45) is 0.0556. The van der Waals surface area contributed by atoms with Crippen molar-refractivity contribution in [1.82, 2.24) is 20.0 Å². The third-order valence-electron chi connectivity index (χ3n) is 5.23. The van der Waals surface area contributed by atoms with E-state index < -0.39 is 0 Å². The fourth-order valence-corrected chi connectivity index (χ4v) is 3.77. The smallest absolute Gasteiger partial charge is 0.273 e. The number of hydrogen-bond donors (Lipinski definition) is 2. The molecule has 2 heterocycles. The summed E-state index contributed by atoms with van der Waals surface area (Å²) in [7, 11) is 0. The van der Waals surface area contributed by atoms with Crippen LogP contribution in [0.2, 0.25) is 0 Å². The molecule has 0 spiro atoms. The monoisotopic (exact) mass is 396 g/mol. The first-order chi connectivity index (χ1) is 14.0. The van der Waals surface area contributed by atoms with Gasteiger partial charge < -0.3 is 10.2 Å². The van der Waals surface area contributed by atoms with Gasteiger partial charge in [-0.25, -0.2) is 9.07 Å². The number of aryl methyl sites for hydroxylation is 1. The van der Waals surface area contributed by atoms with Crippen LogP contribution in [0, 0.1) is 5.82 Å². The van der Waals surface area contributed by atoms with Crippen molar-refractivity contribution in [2.24, 2.45) is 0 Å². The highest BCUT2D eigenvalue weighted by Crippen LogP contribution is 2.23. The number of halogens is 1. The van der Waals surface area contributed by atoms with Crippen molar-refractivity contribution in [3.63, 3.8) is 0 Å². The number of aromatic nitrogens is 2. The summed E-state index contributed by atoms with van der Waals surface area (Å²) in [6, 6.07) is 12.5. The Morgan fingerprint density at radius 1 is 1.10 bits per heavy atom. The minimum atomic E-state index is -0.368. The summed E-state index contributed by atoms with van der Waals surface area (Å²) in [5.74, 6) is -0.498. The topological polar surface area (TPSA) is 87.2 Å². The fourth-order valence-electron chi connectivity index (χ4n) is 3.77. The van der Waals surface area contributed by atoms with E-state index in [1.54, 1.807) is 41.3 Å². The van der Waals surface area contributed by atoms with E-state index in [2.05, 4.69) is 10.4 Å². The molecule has 0 radical (unpaired) electrons. The summed E-state index contributed by atoms with van der Waals surface area (Å²) >= 11 is 0. The van der Waals surface area contributed by atoms with Gasteiger partial charge in [-0.3, -0.25) is 19.5 Å². The minimum Gasteiger partial charge on any atom is -0.333 e. The lowest BCUT2D eigenvalue weighted by atomic mass is 10.0. The standard InChI is InChI=1S/C21H21FN4O3/c22-15-5-3-4-14(12-15)18-13-23-9-11-25(18)19(27)8-10-26-21(29)17-7-2-1-6-16(17)20(28)24-26/h1-7,12,18,23H,8-11,13H2,(H,24,28). The molecular weight excluding hydrogens is 375 g/mol. The van der Waals surface area contributed by atoms with Crippen LogP contribution in [0.1, 0.15) is 18.0 Å². The van der Waals surface area contributed by atoms with E-state index in [9.17, 15) is 18.8 Å². The number of aromatic amines is 1. The molecule has 0 bridgehead atoms. The lowest BCUT2D eigenvalue weighted by Gasteiger charge is -2.36. The van der Waals surface area contributed by atoms with Gasteiger partial charge in [0.2, 0.25) is 5.91 Å². The number of benzene rings is 2. The van der Waals surface area contributed by atoms with Gasteiger partial charge in [-0.2, -0.15) is 0 Å². The molecule has 29 heavy (non-hydrogen) atoms. The van der Waals surface area contributed by atoms with Crippen LogP contribution in [-0.4, -0.2) is 40.2 Å². The molecule has 1 aliphatic heterocycles. The molecule has 0 saturated carbocycles. The van der Waals surface area contributed by atoms with Crippen molar-refractivity contribution in [3.8, 4) is 0 Å². The molecule has 1 unspecified atom stereocenters. The maximum absolute atomic E-state index is 13.6. The number of carbonyl (C=O) groups excluding carboxylic acids is 1. The largest absolute Gasteiger partial charge is 0.333 e. The summed E-state index contributed by atoms with van der Waals surface area (Å²) in [6.45, 7) is 1.73. The Hall–Kier alpha value is -3.26. The number of fused-ring (bicyclic) bond motifs is 1. The second-order valence-corrected chi connectivity index (χ2v) is 7.06. The van der Waals surface area contributed by atoms with Crippen molar-refractivity contribution in [3.05, 3.63) is 80.6 Å². The van der Waals surface area contributed by atoms with Gasteiger partial charge in [-0.1, -0.05) is 24.3 Å². The lowest BCUT2D eigenvalue weighted by molar-refractivity contribution is -0.134. The molecule has 2 aromatic carbocycles. The van der Waals surface area contributed by atoms with Gasteiger partial charge >= 0.3 is 0 Å². The number of hydrogen-bond acceptors (Lipinski definition) is 4. The van der Waals surface area contributed by atoms with Gasteiger partial charge in [0.15, 0.2) is 0 Å². The van der Waals surface area contributed by atoms with E-state index in [-0.39, 0.29) is 41.9 Å². The van der Waals surface area contributed by atoms with Gasteiger partial charge in [-0.15, -0.1) is 0 Å². The molecule has 7 nitrogen and oxygen atoms in total. The Bertz CT molecular complexity index is 1170. The van der Waals surface area contributed by atoms with E-state index in [1.807, 2.05) is 0 Å². The van der Waals surface area contributed by atoms with Crippen LogP contribution in [0.25, 0.3) is 10.8 Å². The number of carbonyl (C=O) groups is 1. The summed E-state index contributed by atoms with van der Waals surface area (Å²) in [5.41, 5.74) is 0.0179. The van der Waals surface area contributed by atoms with Crippen LogP contribution in [0.3, 0.4) is 0 Å². The van der Waals surface area contributed by atoms with Crippen molar-refractivity contribution >= 4 is 16.7 Å². The number of piperazine rings is 1. The van der Waals surface area contributed by atoms with Gasteiger partial charge in [-0.05, 0) is 29.8 Å². The molecule has 4 rings (SSSR count). The number of nitrogens with one attached hydrogen (secondary N) is 2. The SMILES string of the molecule is O=C(CCn1[nH]c(=O)c2ccccc2c1=O)N1CCNCC1c1cccc(F)c1. The van der Waals surface area contributed by atoms with Crippen LogP contribution >= 0.6 is 0 Å². The Morgan fingerprint density at radius 2 is 1.90 bits per heavy atom. The molecule has 3 aromatic rings. The van der Waals surface area contributed by atoms with E-state index in [0.29, 0.717) is 30.4 Å². The molecule has 8 heteroatoms.